The molecule has 8 nitrogen and oxygen atoms in total. The van der Waals surface area contributed by atoms with E-state index in [9.17, 15) is 18.0 Å². The highest BCUT2D eigenvalue weighted by Crippen LogP contribution is 2.30. The van der Waals surface area contributed by atoms with Gasteiger partial charge >= 0.3 is 0 Å². The van der Waals surface area contributed by atoms with E-state index in [2.05, 4.69) is 5.32 Å². The summed E-state index contributed by atoms with van der Waals surface area (Å²) in [5.74, 6) is -0.547. The Morgan fingerprint density at radius 1 is 0.951 bits per heavy atom. The van der Waals surface area contributed by atoms with Crippen LogP contribution < -0.4 is 14.4 Å². The monoisotopic (exact) mass is 639 g/mol. The fourth-order valence-electron chi connectivity index (χ4n) is 4.19. The summed E-state index contributed by atoms with van der Waals surface area (Å²) in [6.45, 7) is 4.64. The number of rotatable bonds is 12. The Kier molecular flexibility index (Phi) is 11.3. The topological polar surface area (TPSA) is 96.0 Å². The third-order valence-electron chi connectivity index (χ3n) is 6.23. The zero-order chi connectivity index (χ0) is 30.3. The molecule has 0 saturated carbocycles. The van der Waals surface area contributed by atoms with Gasteiger partial charge in [-0.15, -0.1) is 0 Å². The Labute approximate surface area is 256 Å². The maximum Gasteiger partial charge on any atom is 0.264 e. The minimum Gasteiger partial charge on any atom is -0.497 e. The number of nitrogens with zero attached hydrogens (tertiary/aromatic N) is 2. The second-order valence-corrected chi connectivity index (χ2v) is 12.6. The van der Waals surface area contributed by atoms with Crippen LogP contribution in [-0.4, -0.2) is 50.9 Å². The molecule has 220 valence electrons. The molecule has 0 heterocycles. The molecule has 41 heavy (non-hydrogen) atoms. The summed E-state index contributed by atoms with van der Waals surface area (Å²) in [5, 5.41) is 3.75. The third kappa shape index (κ3) is 8.07. The van der Waals surface area contributed by atoms with Crippen molar-refractivity contribution in [3.8, 4) is 5.75 Å². The van der Waals surface area contributed by atoms with Crippen LogP contribution in [0.2, 0.25) is 15.1 Å². The van der Waals surface area contributed by atoms with Crippen LogP contribution >= 0.6 is 34.8 Å². The number of halogens is 3. The Morgan fingerprint density at radius 3 is 2.10 bits per heavy atom. The molecule has 0 aromatic heterocycles. The van der Waals surface area contributed by atoms with Crippen LogP contribution in [0.5, 0.6) is 5.75 Å². The van der Waals surface area contributed by atoms with Gasteiger partial charge in [0.1, 0.15) is 18.3 Å². The molecule has 0 fully saturated rings. The van der Waals surface area contributed by atoms with Crippen molar-refractivity contribution in [2.45, 2.75) is 50.7 Å². The van der Waals surface area contributed by atoms with Crippen molar-refractivity contribution < 1.29 is 22.7 Å². The molecule has 2 amide bonds. The van der Waals surface area contributed by atoms with E-state index in [0.29, 0.717) is 21.4 Å². The van der Waals surface area contributed by atoms with Crippen LogP contribution in [0.1, 0.15) is 32.8 Å². The molecule has 0 aliphatic carbocycles. The van der Waals surface area contributed by atoms with Crippen molar-refractivity contribution in [1.82, 2.24) is 10.2 Å². The molecule has 0 bridgehead atoms. The summed E-state index contributed by atoms with van der Waals surface area (Å²) in [4.78, 5) is 28.6. The molecule has 0 saturated heterocycles. The minimum absolute atomic E-state index is 0.0589. The molecule has 1 atom stereocenters. The molecular weight excluding hydrogens is 609 g/mol. The lowest BCUT2D eigenvalue weighted by atomic mass is 10.1. The van der Waals surface area contributed by atoms with Gasteiger partial charge in [0.25, 0.3) is 10.0 Å². The summed E-state index contributed by atoms with van der Waals surface area (Å²) in [6.07, 6.45) is 0.259. The van der Waals surface area contributed by atoms with Gasteiger partial charge in [-0.3, -0.25) is 13.9 Å². The maximum absolute atomic E-state index is 14.1. The molecule has 3 rings (SSSR count). The van der Waals surface area contributed by atoms with Gasteiger partial charge in [0, 0.05) is 33.2 Å². The van der Waals surface area contributed by atoms with Crippen molar-refractivity contribution in [2.75, 3.05) is 18.0 Å². The molecule has 0 spiro atoms. The number of sulfonamides is 1. The predicted molar refractivity (Wildman–Crippen MR) is 163 cm³/mol. The van der Waals surface area contributed by atoms with Crippen LogP contribution in [0.4, 0.5) is 5.69 Å². The average Bonchev–Trinajstić information content (AvgIpc) is 2.92. The average molecular weight is 641 g/mol. The van der Waals surface area contributed by atoms with Crippen molar-refractivity contribution >= 4 is 62.3 Å². The van der Waals surface area contributed by atoms with Gasteiger partial charge < -0.3 is 15.0 Å². The van der Waals surface area contributed by atoms with Gasteiger partial charge in [-0.1, -0.05) is 53.9 Å². The van der Waals surface area contributed by atoms with E-state index in [4.69, 9.17) is 39.5 Å². The second kappa shape index (κ2) is 14.3. The van der Waals surface area contributed by atoms with E-state index in [1.54, 1.807) is 37.3 Å². The van der Waals surface area contributed by atoms with Crippen molar-refractivity contribution in [3.63, 3.8) is 0 Å². The Hall–Kier alpha value is -2.98. The first kappa shape index (κ1) is 32.5. The zero-order valence-corrected chi connectivity index (χ0v) is 26.2. The van der Waals surface area contributed by atoms with Crippen LogP contribution in [0.15, 0.2) is 71.6 Å². The standard InChI is InChI=1S/C29H32Cl3N3O5S/c1-5-27(29(37)33-19(2)3)34(17-24-25(31)10-7-11-26(24)32)28(36)18-35(21-9-6-8-20(30)16-21)41(38,39)23-14-12-22(40-4)13-15-23/h6-16,19,27H,5,17-18H2,1-4H3,(H,33,37). The Bertz CT molecular complexity index is 1460. The first-order valence-electron chi connectivity index (χ1n) is 12.8. The van der Waals surface area contributed by atoms with Gasteiger partial charge in [-0.25, -0.2) is 8.42 Å². The first-order chi connectivity index (χ1) is 19.4. The number of hydrogen-bond acceptors (Lipinski definition) is 5. The van der Waals surface area contributed by atoms with Crippen LogP contribution in [-0.2, 0) is 26.2 Å². The van der Waals surface area contributed by atoms with Crippen LogP contribution in [0, 0.1) is 0 Å². The summed E-state index contributed by atoms with van der Waals surface area (Å²) >= 11 is 19.1. The lowest BCUT2D eigenvalue weighted by molar-refractivity contribution is -0.140. The number of methoxy groups -OCH3 is 1. The Balaban J connectivity index is 2.11. The number of ether oxygens (including phenoxy) is 1. The fraction of sp³-hybridized carbons (Fsp3) is 0.310. The van der Waals surface area contributed by atoms with Crippen molar-refractivity contribution in [1.29, 1.82) is 0 Å². The molecule has 3 aromatic carbocycles. The minimum atomic E-state index is -4.27. The van der Waals surface area contributed by atoms with Crippen molar-refractivity contribution in [3.05, 3.63) is 87.4 Å². The van der Waals surface area contributed by atoms with Crippen LogP contribution in [0.3, 0.4) is 0 Å². The molecule has 0 aliphatic heterocycles. The van der Waals surface area contributed by atoms with Crippen LogP contribution in [0.25, 0.3) is 0 Å². The summed E-state index contributed by atoms with van der Waals surface area (Å²) < 4.78 is 34.0. The lowest BCUT2D eigenvalue weighted by Crippen LogP contribution is -2.53. The SMILES string of the molecule is CCC(C(=O)NC(C)C)N(Cc1c(Cl)cccc1Cl)C(=O)CN(c1cccc(Cl)c1)S(=O)(=O)c1ccc(OC)cc1. The number of amides is 2. The number of benzene rings is 3. The van der Waals surface area contributed by atoms with Gasteiger partial charge in [-0.2, -0.15) is 0 Å². The number of carbonyl (C=O) groups excluding carboxylic acids is 2. The van der Waals surface area contributed by atoms with E-state index < -0.39 is 28.5 Å². The number of nitrogens with one attached hydrogen (secondary N) is 1. The molecule has 1 unspecified atom stereocenters. The molecule has 1 N–H and O–H groups in total. The predicted octanol–water partition coefficient (Wildman–Crippen LogP) is 6.18. The fourth-order valence-corrected chi connectivity index (χ4v) is 6.30. The van der Waals surface area contributed by atoms with E-state index in [0.717, 1.165) is 4.31 Å². The van der Waals surface area contributed by atoms with E-state index in [1.165, 1.54) is 48.4 Å². The third-order valence-corrected chi connectivity index (χ3v) is 8.96. The highest BCUT2D eigenvalue weighted by molar-refractivity contribution is 7.92. The van der Waals surface area contributed by atoms with Crippen molar-refractivity contribution in [2.24, 2.45) is 0 Å². The van der Waals surface area contributed by atoms with Gasteiger partial charge in [-0.05, 0) is 74.9 Å². The molecule has 0 aliphatic rings. The van der Waals surface area contributed by atoms with E-state index in [-0.39, 0.29) is 40.5 Å². The first-order valence-corrected chi connectivity index (χ1v) is 15.4. The van der Waals surface area contributed by atoms with E-state index >= 15 is 0 Å². The van der Waals surface area contributed by atoms with Gasteiger partial charge in [0.05, 0.1) is 17.7 Å². The molecule has 12 heteroatoms. The number of hydrogen-bond donors (Lipinski definition) is 1. The van der Waals surface area contributed by atoms with E-state index in [1.807, 2.05) is 13.8 Å². The number of carbonyl (C=O) groups is 2. The van der Waals surface area contributed by atoms with Gasteiger partial charge in [0.2, 0.25) is 11.8 Å². The number of anilines is 1. The normalized spacial score (nSPS) is 12.1. The zero-order valence-electron chi connectivity index (χ0n) is 23.1. The highest BCUT2D eigenvalue weighted by Gasteiger charge is 2.34. The molecule has 3 aromatic rings. The Morgan fingerprint density at radius 2 is 1.56 bits per heavy atom. The highest BCUT2D eigenvalue weighted by atomic mass is 35.5. The summed E-state index contributed by atoms with van der Waals surface area (Å²) in [6, 6.07) is 15.8. The summed E-state index contributed by atoms with van der Waals surface area (Å²) in [5.41, 5.74) is 0.615. The smallest absolute Gasteiger partial charge is 0.264 e. The second-order valence-electron chi connectivity index (χ2n) is 9.48. The quantitative estimate of drug-likeness (QED) is 0.255. The molecular formula is C29H32Cl3N3O5S. The molecule has 0 radical (unpaired) electrons. The largest absolute Gasteiger partial charge is 0.497 e. The maximum atomic E-state index is 14.1. The summed E-state index contributed by atoms with van der Waals surface area (Å²) in [7, 11) is -2.79. The van der Waals surface area contributed by atoms with Gasteiger partial charge in [0.15, 0.2) is 0 Å². The lowest BCUT2D eigenvalue weighted by Gasteiger charge is -2.34.